The van der Waals surface area contributed by atoms with Gasteiger partial charge < -0.3 is 10.6 Å². The fraction of sp³-hybridized carbons (Fsp3) is 0.263. The average molecular weight is 405 g/mol. The molecule has 0 fully saturated rings. The first-order valence-corrected chi connectivity index (χ1v) is 10.1. The molecule has 2 aromatic rings. The number of carbonyl (C=O) groups excluding carboxylic acids is 2. The molecule has 8 nitrogen and oxygen atoms in total. The molecule has 0 unspecified atom stereocenters. The lowest BCUT2D eigenvalue weighted by Crippen LogP contribution is -2.47. The fourth-order valence-corrected chi connectivity index (χ4v) is 3.08. The van der Waals surface area contributed by atoms with Crippen LogP contribution in [0.25, 0.3) is 0 Å². The number of anilines is 1. The van der Waals surface area contributed by atoms with Crippen molar-refractivity contribution in [1.29, 1.82) is 0 Å². The van der Waals surface area contributed by atoms with Gasteiger partial charge in [-0.25, -0.2) is 0 Å². The minimum atomic E-state index is -4.35. The molecule has 0 aliphatic heterocycles. The summed E-state index contributed by atoms with van der Waals surface area (Å²) >= 11 is 0. The van der Waals surface area contributed by atoms with E-state index in [9.17, 15) is 18.0 Å². The predicted octanol–water partition coefficient (Wildman–Crippen LogP) is 1.31. The maximum atomic E-state index is 12.3. The van der Waals surface area contributed by atoms with Gasteiger partial charge in [0.15, 0.2) is 0 Å². The van der Waals surface area contributed by atoms with Gasteiger partial charge in [0.2, 0.25) is 11.8 Å². The van der Waals surface area contributed by atoms with Crippen LogP contribution in [0.15, 0.2) is 54.6 Å². The predicted molar refractivity (Wildman–Crippen MR) is 106 cm³/mol. The number of likely N-dealkylation sites (N-methyl/N-ethyl adjacent to an activating group) is 1. The summed E-state index contributed by atoms with van der Waals surface area (Å²) in [7, 11) is -2.86. The lowest BCUT2D eigenvalue weighted by molar-refractivity contribution is -0.128. The molecule has 0 radical (unpaired) electrons. The molecular formula is C19H23N3O5S. The van der Waals surface area contributed by atoms with Gasteiger partial charge in [-0.05, 0) is 29.7 Å². The summed E-state index contributed by atoms with van der Waals surface area (Å²) in [5, 5.41) is 5.27. The van der Waals surface area contributed by atoms with E-state index in [1.807, 2.05) is 35.1 Å². The molecule has 2 rings (SSSR count). The Balaban J connectivity index is 1.97. The molecule has 0 aromatic heterocycles. The quantitative estimate of drug-likeness (QED) is 0.468. The zero-order valence-corrected chi connectivity index (χ0v) is 16.2. The first-order valence-electron chi connectivity index (χ1n) is 8.66. The largest absolute Gasteiger partial charge is 0.357 e. The van der Waals surface area contributed by atoms with Crippen molar-refractivity contribution in [2.45, 2.75) is 25.3 Å². The number of hydrogen-bond acceptors (Lipinski definition) is 4. The van der Waals surface area contributed by atoms with Crippen molar-refractivity contribution >= 4 is 27.8 Å². The maximum Gasteiger partial charge on any atom is 0.357 e. The Kier molecular flexibility index (Phi) is 7.53. The Morgan fingerprint density at radius 2 is 1.64 bits per heavy atom. The summed E-state index contributed by atoms with van der Waals surface area (Å²) in [5.74, 6) is -0.560. The van der Waals surface area contributed by atoms with Gasteiger partial charge in [-0.2, -0.15) is 8.42 Å². The molecule has 0 aliphatic rings. The average Bonchev–Trinajstić information content (AvgIpc) is 2.66. The molecule has 150 valence electrons. The SMILES string of the molecule is CNC(=O)[C@H](Cc1ccc(NS(=O)(=O)O)cc1)NC(=O)CCc1ccccc1. The first-order chi connectivity index (χ1) is 13.3. The molecule has 9 heteroatoms. The van der Waals surface area contributed by atoms with Crippen molar-refractivity contribution in [2.24, 2.45) is 0 Å². The maximum absolute atomic E-state index is 12.3. The Morgan fingerprint density at radius 1 is 1.00 bits per heavy atom. The van der Waals surface area contributed by atoms with Crippen molar-refractivity contribution in [3.05, 3.63) is 65.7 Å². The van der Waals surface area contributed by atoms with Crippen LogP contribution < -0.4 is 15.4 Å². The van der Waals surface area contributed by atoms with Gasteiger partial charge in [-0.1, -0.05) is 42.5 Å². The third-order valence-electron chi connectivity index (χ3n) is 4.02. The van der Waals surface area contributed by atoms with Crippen LogP contribution in [0.5, 0.6) is 0 Å². The van der Waals surface area contributed by atoms with Gasteiger partial charge in [0, 0.05) is 19.9 Å². The molecule has 1 atom stereocenters. The number of nitrogens with one attached hydrogen (secondary N) is 3. The Labute approximate surface area is 164 Å². The van der Waals surface area contributed by atoms with E-state index in [2.05, 4.69) is 10.6 Å². The minimum Gasteiger partial charge on any atom is -0.357 e. The van der Waals surface area contributed by atoms with Crippen LogP contribution in [0.4, 0.5) is 5.69 Å². The van der Waals surface area contributed by atoms with Crippen molar-refractivity contribution in [3.8, 4) is 0 Å². The zero-order valence-electron chi connectivity index (χ0n) is 15.4. The third-order valence-corrected chi connectivity index (χ3v) is 4.52. The number of rotatable bonds is 9. The van der Waals surface area contributed by atoms with E-state index in [0.29, 0.717) is 6.42 Å². The number of hydrogen-bond donors (Lipinski definition) is 4. The minimum absolute atomic E-state index is 0.189. The fourth-order valence-electron chi connectivity index (χ4n) is 2.65. The zero-order chi connectivity index (χ0) is 20.6. The van der Waals surface area contributed by atoms with Crippen molar-refractivity contribution in [1.82, 2.24) is 10.6 Å². The van der Waals surface area contributed by atoms with Gasteiger partial charge in [-0.3, -0.25) is 18.9 Å². The van der Waals surface area contributed by atoms with Crippen LogP contribution in [0.2, 0.25) is 0 Å². The third kappa shape index (κ3) is 7.37. The van der Waals surface area contributed by atoms with Crippen molar-refractivity contribution in [2.75, 3.05) is 11.8 Å². The van der Waals surface area contributed by atoms with Gasteiger partial charge in [0.1, 0.15) is 6.04 Å². The van der Waals surface area contributed by atoms with Crippen molar-refractivity contribution in [3.63, 3.8) is 0 Å². The lowest BCUT2D eigenvalue weighted by atomic mass is 10.0. The van der Waals surface area contributed by atoms with Gasteiger partial charge in [-0.15, -0.1) is 0 Å². The number of amides is 2. The number of benzene rings is 2. The van der Waals surface area contributed by atoms with Gasteiger partial charge in [0.05, 0.1) is 5.69 Å². The van der Waals surface area contributed by atoms with E-state index in [1.54, 1.807) is 12.1 Å². The molecule has 28 heavy (non-hydrogen) atoms. The van der Waals surface area contributed by atoms with E-state index >= 15 is 0 Å². The Bertz CT molecular complexity index is 899. The number of carbonyl (C=O) groups is 2. The van der Waals surface area contributed by atoms with Crippen LogP contribution >= 0.6 is 0 Å². The van der Waals surface area contributed by atoms with Crippen LogP contribution in [0, 0.1) is 0 Å². The Morgan fingerprint density at radius 3 is 2.21 bits per heavy atom. The summed E-state index contributed by atoms with van der Waals surface area (Å²) in [6.07, 6.45) is 1.07. The van der Waals surface area contributed by atoms with Crippen LogP contribution in [-0.4, -0.2) is 37.9 Å². The van der Waals surface area contributed by atoms with E-state index < -0.39 is 16.3 Å². The van der Waals surface area contributed by atoms with E-state index in [1.165, 1.54) is 19.2 Å². The van der Waals surface area contributed by atoms with Crippen LogP contribution in [-0.2, 0) is 32.7 Å². The second-order valence-corrected chi connectivity index (χ2v) is 7.35. The number of aryl methyl sites for hydroxylation is 1. The highest BCUT2D eigenvalue weighted by Gasteiger charge is 2.20. The molecule has 0 saturated carbocycles. The van der Waals surface area contributed by atoms with Crippen molar-refractivity contribution < 1.29 is 22.6 Å². The Hall–Kier alpha value is -2.91. The molecule has 0 spiro atoms. The molecule has 2 amide bonds. The highest BCUT2D eigenvalue weighted by Crippen LogP contribution is 2.13. The normalized spacial score (nSPS) is 12.1. The smallest absolute Gasteiger partial charge is 0.357 e. The molecule has 0 heterocycles. The molecule has 0 bridgehead atoms. The first kappa shape index (κ1) is 21.4. The second-order valence-electron chi connectivity index (χ2n) is 6.20. The lowest BCUT2D eigenvalue weighted by Gasteiger charge is -2.18. The summed E-state index contributed by atoms with van der Waals surface area (Å²) in [6, 6.07) is 15.0. The monoisotopic (exact) mass is 405 g/mol. The van der Waals surface area contributed by atoms with E-state index in [4.69, 9.17) is 4.55 Å². The molecule has 0 saturated heterocycles. The van der Waals surface area contributed by atoms with Gasteiger partial charge in [0.25, 0.3) is 0 Å². The summed E-state index contributed by atoms with van der Waals surface area (Å²) < 4.78 is 32.4. The molecule has 4 N–H and O–H groups in total. The standard InChI is InChI=1S/C19H23N3O5S/c1-20-19(24)17(21-18(23)12-9-14-5-3-2-4-6-14)13-15-7-10-16(11-8-15)22-28(25,26)27/h2-8,10-11,17,22H,9,12-13H2,1H3,(H,20,24)(H,21,23)(H,25,26,27)/t17-/m0/s1. The summed E-state index contributed by atoms with van der Waals surface area (Å²) in [4.78, 5) is 24.4. The summed E-state index contributed by atoms with van der Waals surface area (Å²) in [5.41, 5.74) is 1.95. The summed E-state index contributed by atoms with van der Waals surface area (Å²) in [6.45, 7) is 0. The molecule has 0 aliphatic carbocycles. The molecule has 2 aromatic carbocycles. The highest BCUT2D eigenvalue weighted by atomic mass is 32.2. The van der Waals surface area contributed by atoms with Crippen LogP contribution in [0.1, 0.15) is 17.5 Å². The van der Waals surface area contributed by atoms with Gasteiger partial charge >= 0.3 is 10.3 Å². The van der Waals surface area contributed by atoms with E-state index in [0.717, 1.165) is 11.1 Å². The van der Waals surface area contributed by atoms with Crippen LogP contribution in [0.3, 0.4) is 0 Å². The highest BCUT2D eigenvalue weighted by molar-refractivity contribution is 7.87. The topological polar surface area (TPSA) is 125 Å². The molecular weight excluding hydrogens is 382 g/mol. The second kappa shape index (κ2) is 9.86. The van der Waals surface area contributed by atoms with E-state index in [-0.39, 0.29) is 30.3 Å².